The summed E-state index contributed by atoms with van der Waals surface area (Å²) < 4.78 is 0. The summed E-state index contributed by atoms with van der Waals surface area (Å²) in [6.45, 7) is 4.11. The summed E-state index contributed by atoms with van der Waals surface area (Å²) in [4.78, 5) is 2.39. The van der Waals surface area contributed by atoms with E-state index in [4.69, 9.17) is 0 Å². The van der Waals surface area contributed by atoms with E-state index in [0.717, 1.165) is 10.4 Å². The Morgan fingerprint density at radius 1 is 1.12 bits per heavy atom. The lowest BCUT2D eigenvalue weighted by Gasteiger charge is -1.99. The van der Waals surface area contributed by atoms with Crippen molar-refractivity contribution in [2.75, 3.05) is 0 Å². The number of rotatable bonds is 2. The lowest BCUT2D eigenvalue weighted by molar-refractivity contribution is 1.45. The minimum absolute atomic E-state index is 0.715. The molecular formula is C15H13NS. The van der Waals surface area contributed by atoms with Gasteiger partial charge in [-0.1, -0.05) is 29.8 Å². The molecule has 0 unspecified atom stereocenters. The molecule has 0 aliphatic carbocycles. The van der Waals surface area contributed by atoms with Crippen molar-refractivity contribution in [3.63, 3.8) is 0 Å². The fraction of sp³-hybridized carbons (Fsp3) is 0.133. The van der Waals surface area contributed by atoms with Crippen molar-refractivity contribution in [2.45, 2.75) is 13.8 Å². The molecule has 1 aromatic heterocycles. The first kappa shape index (κ1) is 11.6. The SMILES string of the molecule is Cc1ccc(/C(C#N)=C/c2ccc(C)s2)cc1. The molecule has 0 aliphatic heterocycles. The molecule has 0 saturated carbocycles. The summed E-state index contributed by atoms with van der Waals surface area (Å²) in [5.74, 6) is 0. The van der Waals surface area contributed by atoms with E-state index in [1.807, 2.05) is 43.3 Å². The van der Waals surface area contributed by atoms with Crippen molar-refractivity contribution < 1.29 is 0 Å². The summed E-state index contributed by atoms with van der Waals surface area (Å²) in [6, 6.07) is 14.4. The Morgan fingerprint density at radius 3 is 2.35 bits per heavy atom. The normalized spacial score (nSPS) is 11.2. The Balaban J connectivity index is 2.37. The third-order valence-corrected chi connectivity index (χ3v) is 3.48. The van der Waals surface area contributed by atoms with Crippen molar-refractivity contribution in [3.8, 4) is 6.07 Å². The van der Waals surface area contributed by atoms with Crippen molar-refractivity contribution in [1.82, 2.24) is 0 Å². The van der Waals surface area contributed by atoms with Crippen molar-refractivity contribution in [1.29, 1.82) is 5.26 Å². The Hall–Kier alpha value is -1.85. The second kappa shape index (κ2) is 4.99. The zero-order valence-corrected chi connectivity index (χ0v) is 10.7. The van der Waals surface area contributed by atoms with Gasteiger partial charge in [0, 0.05) is 9.75 Å². The molecule has 2 aromatic rings. The molecule has 1 aromatic carbocycles. The van der Waals surface area contributed by atoms with Gasteiger partial charge in [0.05, 0.1) is 11.6 Å². The summed E-state index contributed by atoms with van der Waals surface area (Å²) in [6.07, 6.45) is 1.95. The van der Waals surface area contributed by atoms with Crippen LogP contribution in [0.15, 0.2) is 36.4 Å². The zero-order chi connectivity index (χ0) is 12.3. The predicted molar refractivity (Wildman–Crippen MR) is 73.7 cm³/mol. The Kier molecular flexibility index (Phi) is 3.41. The molecule has 1 heterocycles. The highest BCUT2D eigenvalue weighted by Crippen LogP contribution is 2.22. The molecule has 0 saturated heterocycles. The highest BCUT2D eigenvalue weighted by atomic mass is 32.1. The van der Waals surface area contributed by atoms with Crippen LogP contribution in [0.3, 0.4) is 0 Å². The van der Waals surface area contributed by atoms with Gasteiger partial charge in [0.2, 0.25) is 0 Å². The summed E-state index contributed by atoms with van der Waals surface area (Å²) in [5.41, 5.74) is 2.90. The Labute approximate surface area is 106 Å². The Bertz CT molecular complexity index is 582. The van der Waals surface area contributed by atoms with Crippen LogP contribution >= 0.6 is 11.3 Å². The fourth-order valence-corrected chi connectivity index (χ4v) is 2.41. The number of nitrogens with zero attached hydrogens (tertiary/aromatic N) is 1. The van der Waals surface area contributed by atoms with Gasteiger partial charge in [0.1, 0.15) is 0 Å². The van der Waals surface area contributed by atoms with Gasteiger partial charge in [-0.25, -0.2) is 0 Å². The van der Waals surface area contributed by atoms with Gasteiger partial charge >= 0.3 is 0 Å². The van der Waals surface area contributed by atoms with Gasteiger partial charge in [-0.05, 0) is 37.6 Å². The van der Waals surface area contributed by atoms with Crippen LogP contribution in [0.5, 0.6) is 0 Å². The van der Waals surface area contributed by atoms with Crippen LogP contribution in [-0.4, -0.2) is 0 Å². The summed E-state index contributed by atoms with van der Waals surface area (Å²) in [5, 5.41) is 9.20. The highest BCUT2D eigenvalue weighted by Gasteiger charge is 2.01. The van der Waals surface area contributed by atoms with E-state index in [2.05, 4.69) is 19.1 Å². The monoisotopic (exact) mass is 239 g/mol. The van der Waals surface area contributed by atoms with Gasteiger partial charge in [0.15, 0.2) is 0 Å². The third kappa shape index (κ3) is 2.83. The van der Waals surface area contributed by atoms with E-state index in [9.17, 15) is 5.26 Å². The van der Waals surface area contributed by atoms with Gasteiger partial charge in [-0.3, -0.25) is 0 Å². The lowest BCUT2D eigenvalue weighted by atomic mass is 10.0. The van der Waals surface area contributed by atoms with E-state index in [1.54, 1.807) is 11.3 Å². The highest BCUT2D eigenvalue weighted by molar-refractivity contribution is 7.12. The lowest BCUT2D eigenvalue weighted by Crippen LogP contribution is -1.81. The average Bonchev–Trinajstić information content (AvgIpc) is 2.73. The molecule has 0 spiro atoms. The fourth-order valence-electron chi connectivity index (χ4n) is 1.59. The van der Waals surface area contributed by atoms with Gasteiger partial charge in [-0.15, -0.1) is 11.3 Å². The number of aryl methyl sites for hydroxylation is 2. The smallest absolute Gasteiger partial charge is 0.0998 e. The minimum Gasteiger partial charge on any atom is -0.192 e. The molecule has 2 heteroatoms. The molecule has 1 nitrogen and oxygen atoms in total. The van der Waals surface area contributed by atoms with E-state index < -0.39 is 0 Å². The maximum absolute atomic E-state index is 9.20. The molecular weight excluding hydrogens is 226 g/mol. The maximum atomic E-state index is 9.20. The van der Waals surface area contributed by atoms with Crippen LogP contribution in [-0.2, 0) is 0 Å². The van der Waals surface area contributed by atoms with E-state index >= 15 is 0 Å². The number of hydrogen-bond donors (Lipinski definition) is 0. The molecule has 0 atom stereocenters. The molecule has 2 rings (SSSR count). The molecule has 0 radical (unpaired) electrons. The second-order valence-electron chi connectivity index (χ2n) is 3.98. The topological polar surface area (TPSA) is 23.8 Å². The third-order valence-electron chi connectivity index (χ3n) is 2.53. The number of benzene rings is 1. The molecule has 0 bridgehead atoms. The summed E-state index contributed by atoms with van der Waals surface area (Å²) >= 11 is 1.70. The van der Waals surface area contributed by atoms with E-state index in [1.165, 1.54) is 10.4 Å². The van der Waals surface area contributed by atoms with Gasteiger partial charge < -0.3 is 0 Å². The zero-order valence-electron chi connectivity index (χ0n) is 9.90. The van der Waals surface area contributed by atoms with Crippen LogP contribution < -0.4 is 0 Å². The first-order valence-corrected chi connectivity index (χ1v) is 6.26. The molecule has 0 N–H and O–H groups in total. The average molecular weight is 239 g/mol. The van der Waals surface area contributed by atoms with Crippen molar-refractivity contribution in [3.05, 3.63) is 57.3 Å². The minimum atomic E-state index is 0.715. The standard InChI is InChI=1S/C15H13NS/c1-11-3-6-13(7-4-11)14(10-16)9-15-8-5-12(2)17-15/h3-9H,1-2H3/b14-9+. The largest absolute Gasteiger partial charge is 0.192 e. The van der Waals surface area contributed by atoms with Crippen LogP contribution in [0.25, 0.3) is 11.6 Å². The number of hydrogen-bond acceptors (Lipinski definition) is 2. The molecule has 0 fully saturated rings. The van der Waals surface area contributed by atoms with Crippen LogP contribution in [0.2, 0.25) is 0 Å². The first-order chi connectivity index (χ1) is 8.19. The first-order valence-electron chi connectivity index (χ1n) is 5.44. The number of thiophene rings is 1. The van der Waals surface area contributed by atoms with E-state index in [-0.39, 0.29) is 0 Å². The van der Waals surface area contributed by atoms with Crippen LogP contribution in [0.1, 0.15) is 20.9 Å². The second-order valence-corrected chi connectivity index (χ2v) is 5.30. The molecule has 17 heavy (non-hydrogen) atoms. The number of allylic oxidation sites excluding steroid dienone is 1. The number of nitriles is 1. The Morgan fingerprint density at radius 2 is 1.82 bits per heavy atom. The van der Waals surface area contributed by atoms with Gasteiger partial charge in [-0.2, -0.15) is 5.26 Å². The molecule has 84 valence electrons. The predicted octanol–water partition coefficient (Wildman–Crippen LogP) is 4.43. The quantitative estimate of drug-likeness (QED) is 0.711. The molecule has 0 amide bonds. The maximum Gasteiger partial charge on any atom is 0.0998 e. The van der Waals surface area contributed by atoms with E-state index in [0.29, 0.717) is 5.57 Å². The molecule has 0 aliphatic rings. The van der Waals surface area contributed by atoms with Crippen LogP contribution in [0.4, 0.5) is 0 Å². The van der Waals surface area contributed by atoms with Gasteiger partial charge in [0.25, 0.3) is 0 Å². The van der Waals surface area contributed by atoms with Crippen LogP contribution in [0, 0.1) is 25.2 Å². The van der Waals surface area contributed by atoms with Crippen molar-refractivity contribution >= 4 is 23.0 Å². The summed E-state index contributed by atoms with van der Waals surface area (Å²) in [7, 11) is 0. The van der Waals surface area contributed by atoms with Crippen molar-refractivity contribution in [2.24, 2.45) is 0 Å².